The number of benzene rings is 2. The van der Waals surface area contributed by atoms with Gasteiger partial charge in [0.1, 0.15) is 16.5 Å². The van der Waals surface area contributed by atoms with E-state index in [0.29, 0.717) is 22.0 Å². The number of hydrogen-bond donors (Lipinski definition) is 1. The van der Waals surface area contributed by atoms with Crippen LogP contribution in [0.25, 0.3) is 0 Å². The highest BCUT2D eigenvalue weighted by molar-refractivity contribution is 6.53. The van der Waals surface area contributed by atoms with Gasteiger partial charge in [-0.25, -0.2) is 4.90 Å². The fourth-order valence-electron chi connectivity index (χ4n) is 3.96. The van der Waals surface area contributed by atoms with Crippen molar-refractivity contribution in [3.63, 3.8) is 0 Å². The minimum atomic E-state index is -0.683. The summed E-state index contributed by atoms with van der Waals surface area (Å²) in [5.41, 5.74) is 1.24. The van der Waals surface area contributed by atoms with E-state index in [9.17, 15) is 14.4 Å². The molecule has 3 amide bonds. The van der Waals surface area contributed by atoms with Gasteiger partial charge in [-0.15, -0.1) is 0 Å². The summed E-state index contributed by atoms with van der Waals surface area (Å²) in [5, 5.41) is 3.01. The molecular weight excluding hydrogens is 465 g/mol. The first kappa shape index (κ1) is 23.1. The van der Waals surface area contributed by atoms with Crippen molar-refractivity contribution < 1.29 is 19.1 Å². The van der Waals surface area contributed by atoms with Gasteiger partial charge in [0.2, 0.25) is 0 Å². The molecule has 1 saturated heterocycles. The van der Waals surface area contributed by atoms with E-state index >= 15 is 0 Å². The molecule has 9 heteroatoms. The smallest absolute Gasteiger partial charge is 0.283 e. The van der Waals surface area contributed by atoms with Gasteiger partial charge in [-0.3, -0.25) is 14.4 Å². The SMILES string of the molecule is COc1ccc(Cl)cc1N1C(=O)C(Cl)=C(Nc2ccc(C(=O)N3CCCCCC3)cc2)C1=O. The molecule has 0 atom stereocenters. The van der Waals surface area contributed by atoms with Crippen LogP contribution in [0.2, 0.25) is 5.02 Å². The minimum Gasteiger partial charge on any atom is -0.495 e. The largest absolute Gasteiger partial charge is 0.495 e. The Morgan fingerprint density at radius 3 is 2.24 bits per heavy atom. The molecule has 33 heavy (non-hydrogen) atoms. The molecule has 2 aromatic carbocycles. The molecule has 2 heterocycles. The van der Waals surface area contributed by atoms with Crippen molar-refractivity contribution in [2.45, 2.75) is 25.7 Å². The summed E-state index contributed by atoms with van der Waals surface area (Å²) < 4.78 is 5.27. The van der Waals surface area contributed by atoms with Crippen molar-refractivity contribution in [2.24, 2.45) is 0 Å². The number of likely N-dealkylation sites (tertiary alicyclic amines) is 1. The van der Waals surface area contributed by atoms with Crippen LogP contribution in [0.5, 0.6) is 5.75 Å². The number of amides is 3. The van der Waals surface area contributed by atoms with Gasteiger partial charge in [0, 0.05) is 29.4 Å². The van der Waals surface area contributed by atoms with E-state index in [1.165, 1.54) is 13.2 Å². The third kappa shape index (κ3) is 4.70. The zero-order chi connectivity index (χ0) is 23.5. The van der Waals surface area contributed by atoms with Crippen molar-refractivity contribution in [1.82, 2.24) is 4.90 Å². The highest BCUT2D eigenvalue weighted by Crippen LogP contribution is 2.37. The second kappa shape index (κ2) is 9.85. The summed E-state index contributed by atoms with van der Waals surface area (Å²) in [4.78, 5) is 41.4. The second-order valence-electron chi connectivity index (χ2n) is 7.86. The lowest BCUT2D eigenvalue weighted by Crippen LogP contribution is -2.32. The van der Waals surface area contributed by atoms with Crippen LogP contribution in [0.1, 0.15) is 36.0 Å². The number of nitrogens with one attached hydrogen (secondary N) is 1. The van der Waals surface area contributed by atoms with E-state index in [0.717, 1.165) is 43.7 Å². The summed E-state index contributed by atoms with van der Waals surface area (Å²) in [7, 11) is 1.43. The number of methoxy groups -OCH3 is 1. The topological polar surface area (TPSA) is 79.0 Å². The minimum absolute atomic E-state index is 0.00737. The van der Waals surface area contributed by atoms with Gasteiger partial charge in [0.15, 0.2) is 0 Å². The summed E-state index contributed by atoms with van der Waals surface area (Å²) in [6.07, 6.45) is 4.32. The molecule has 2 aliphatic heterocycles. The molecule has 172 valence electrons. The lowest BCUT2D eigenvalue weighted by Gasteiger charge is -2.20. The molecule has 1 N–H and O–H groups in total. The van der Waals surface area contributed by atoms with Gasteiger partial charge < -0.3 is 15.0 Å². The number of hydrogen-bond acceptors (Lipinski definition) is 5. The zero-order valence-corrected chi connectivity index (χ0v) is 19.6. The number of carbonyl (C=O) groups excluding carboxylic acids is 3. The number of rotatable bonds is 5. The zero-order valence-electron chi connectivity index (χ0n) is 18.1. The fourth-order valence-corrected chi connectivity index (χ4v) is 4.34. The number of ether oxygens (including phenoxy) is 1. The van der Waals surface area contributed by atoms with Crippen LogP contribution < -0.4 is 15.0 Å². The van der Waals surface area contributed by atoms with Crippen LogP contribution in [0.15, 0.2) is 53.2 Å². The third-order valence-electron chi connectivity index (χ3n) is 5.70. The molecule has 0 saturated carbocycles. The van der Waals surface area contributed by atoms with Crippen LogP contribution in [-0.4, -0.2) is 42.8 Å². The molecule has 7 nitrogen and oxygen atoms in total. The van der Waals surface area contributed by atoms with E-state index in [1.807, 2.05) is 4.90 Å². The van der Waals surface area contributed by atoms with E-state index < -0.39 is 11.8 Å². The number of carbonyl (C=O) groups is 3. The van der Waals surface area contributed by atoms with Crippen molar-refractivity contribution in [3.05, 3.63) is 63.8 Å². The number of imide groups is 1. The summed E-state index contributed by atoms with van der Waals surface area (Å²) >= 11 is 12.3. The van der Waals surface area contributed by atoms with Gasteiger partial charge in [0.25, 0.3) is 17.7 Å². The molecule has 0 spiro atoms. The number of halogens is 2. The molecular formula is C24H23Cl2N3O4. The van der Waals surface area contributed by atoms with Crippen molar-refractivity contribution >= 4 is 52.3 Å². The molecule has 0 radical (unpaired) electrons. The Morgan fingerprint density at radius 2 is 1.61 bits per heavy atom. The summed E-state index contributed by atoms with van der Waals surface area (Å²) in [5.74, 6) is -1.01. The van der Waals surface area contributed by atoms with E-state index in [1.54, 1.807) is 36.4 Å². The normalized spacial score (nSPS) is 16.8. The predicted molar refractivity (Wildman–Crippen MR) is 128 cm³/mol. The van der Waals surface area contributed by atoms with Gasteiger partial charge >= 0.3 is 0 Å². The molecule has 2 aromatic rings. The Balaban J connectivity index is 1.52. The van der Waals surface area contributed by atoms with Crippen molar-refractivity contribution in [1.29, 1.82) is 0 Å². The monoisotopic (exact) mass is 487 g/mol. The van der Waals surface area contributed by atoms with Crippen LogP contribution in [0, 0.1) is 0 Å². The predicted octanol–water partition coefficient (Wildman–Crippen LogP) is 4.80. The Bertz CT molecular complexity index is 1120. The Kier molecular flexibility index (Phi) is 6.91. The van der Waals surface area contributed by atoms with Crippen LogP contribution >= 0.6 is 23.2 Å². The maximum Gasteiger partial charge on any atom is 0.283 e. The molecule has 2 aliphatic rings. The highest BCUT2D eigenvalue weighted by Gasteiger charge is 2.40. The lowest BCUT2D eigenvalue weighted by atomic mass is 10.1. The molecule has 0 aliphatic carbocycles. The van der Waals surface area contributed by atoms with Gasteiger partial charge in [0.05, 0.1) is 12.8 Å². The maximum absolute atomic E-state index is 13.1. The molecule has 0 unspecified atom stereocenters. The van der Waals surface area contributed by atoms with Gasteiger partial charge in [-0.2, -0.15) is 0 Å². The van der Waals surface area contributed by atoms with Gasteiger partial charge in [-0.05, 0) is 55.3 Å². The summed E-state index contributed by atoms with van der Waals surface area (Å²) in [6, 6.07) is 11.4. The first-order valence-corrected chi connectivity index (χ1v) is 11.4. The lowest BCUT2D eigenvalue weighted by molar-refractivity contribution is -0.120. The van der Waals surface area contributed by atoms with E-state index in [2.05, 4.69) is 5.32 Å². The molecule has 0 bridgehead atoms. The maximum atomic E-state index is 13.1. The highest BCUT2D eigenvalue weighted by atomic mass is 35.5. The average molecular weight is 488 g/mol. The van der Waals surface area contributed by atoms with E-state index in [-0.39, 0.29) is 22.3 Å². The molecule has 0 aromatic heterocycles. The summed E-state index contributed by atoms with van der Waals surface area (Å²) in [6.45, 7) is 1.53. The van der Waals surface area contributed by atoms with Crippen LogP contribution in [0.3, 0.4) is 0 Å². The van der Waals surface area contributed by atoms with Crippen molar-refractivity contribution in [2.75, 3.05) is 30.4 Å². The van der Waals surface area contributed by atoms with Crippen LogP contribution in [-0.2, 0) is 9.59 Å². The number of anilines is 2. The quantitative estimate of drug-likeness (QED) is 0.612. The molecule has 1 fully saturated rings. The fraction of sp³-hybridized carbons (Fsp3) is 0.292. The van der Waals surface area contributed by atoms with Crippen LogP contribution in [0.4, 0.5) is 11.4 Å². The number of nitrogens with zero attached hydrogens (tertiary/aromatic N) is 2. The van der Waals surface area contributed by atoms with E-state index in [4.69, 9.17) is 27.9 Å². The van der Waals surface area contributed by atoms with Crippen molar-refractivity contribution in [3.8, 4) is 5.75 Å². The standard InChI is InChI=1S/C24H23Cl2N3O4/c1-33-19-11-8-16(25)14-18(19)29-23(31)20(26)21(24(29)32)27-17-9-6-15(7-10-17)22(30)28-12-4-2-3-5-13-28/h6-11,14,27H,2-5,12-13H2,1H3. The Hall–Kier alpha value is -3.03. The second-order valence-corrected chi connectivity index (χ2v) is 8.67. The Labute approximate surface area is 201 Å². The first-order valence-electron chi connectivity index (χ1n) is 10.7. The first-order chi connectivity index (χ1) is 15.9. The Morgan fingerprint density at radius 1 is 0.939 bits per heavy atom. The molecule has 4 rings (SSSR count). The average Bonchev–Trinajstić information content (AvgIpc) is 3.02. The van der Waals surface area contributed by atoms with Gasteiger partial charge in [-0.1, -0.05) is 36.0 Å². The third-order valence-corrected chi connectivity index (χ3v) is 6.29.